The molecule has 0 aromatic heterocycles. The number of nitro groups is 1. The largest absolute Gasteiger partial charge is 0.493 e. The van der Waals surface area contributed by atoms with Gasteiger partial charge in [-0.25, -0.2) is 0 Å². The average Bonchev–Trinajstić information content (AvgIpc) is 2.67. The molecule has 142 valence electrons. The number of non-ortho nitro benzene ring substituents is 1. The van der Waals surface area contributed by atoms with Gasteiger partial charge in [-0.05, 0) is 60.6 Å². The first kappa shape index (κ1) is 20.1. The van der Waals surface area contributed by atoms with Crippen LogP contribution in [0.1, 0.15) is 18.1 Å². The fourth-order valence-electron chi connectivity index (χ4n) is 2.12. The number of hydrazone groups is 1. The van der Waals surface area contributed by atoms with Crippen molar-refractivity contribution in [1.29, 1.82) is 0 Å². The Morgan fingerprint density at radius 1 is 1.26 bits per heavy atom. The molecule has 27 heavy (non-hydrogen) atoms. The van der Waals surface area contributed by atoms with Crippen LogP contribution in [0.25, 0.3) is 0 Å². The fraction of sp³-hybridized carbons (Fsp3) is 0.222. The molecule has 0 aliphatic rings. The van der Waals surface area contributed by atoms with Crippen molar-refractivity contribution < 1.29 is 14.4 Å². The molecule has 0 saturated carbocycles. The topological polar surface area (TPSA) is 98.0 Å². The van der Waals surface area contributed by atoms with Crippen LogP contribution in [0.2, 0.25) is 0 Å². The minimum atomic E-state index is -0.437. The second-order valence-corrected chi connectivity index (χ2v) is 5.76. The third kappa shape index (κ3) is 6.23. The fourth-order valence-corrected chi connectivity index (χ4v) is 2.32. The summed E-state index contributed by atoms with van der Waals surface area (Å²) in [4.78, 5) is 10.2. The first-order valence-corrected chi connectivity index (χ1v) is 8.55. The van der Waals surface area contributed by atoms with Crippen LogP contribution in [0.5, 0.6) is 11.5 Å². The number of nitro benzene ring substituents is 1. The lowest BCUT2D eigenvalue weighted by atomic mass is 10.2. The van der Waals surface area contributed by atoms with Gasteiger partial charge in [-0.15, -0.1) is 0 Å². The van der Waals surface area contributed by atoms with Crippen LogP contribution in [0.3, 0.4) is 0 Å². The third-order valence-corrected chi connectivity index (χ3v) is 3.68. The standard InChI is InChI=1S/C18H20N4O4S/c1-3-19-18(27)21-20-11-14-6-9-16(17(10-14)25-2)26-12-13-4-7-15(8-5-13)22(23)24/h4-11H,3,12H2,1-2H3,(H2,19,21,27)/b20-11-. The Balaban J connectivity index is 2.00. The van der Waals surface area contributed by atoms with Gasteiger partial charge >= 0.3 is 0 Å². The molecule has 2 rings (SSSR count). The van der Waals surface area contributed by atoms with E-state index in [-0.39, 0.29) is 12.3 Å². The highest BCUT2D eigenvalue weighted by Crippen LogP contribution is 2.28. The predicted octanol–water partition coefficient (Wildman–Crippen LogP) is 3.00. The molecule has 0 aliphatic heterocycles. The van der Waals surface area contributed by atoms with Gasteiger partial charge in [-0.1, -0.05) is 0 Å². The molecule has 2 N–H and O–H groups in total. The number of thiocarbonyl (C=S) groups is 1. The molecule has 0 bridgehead atoms. The van der Waals surface area contributed by atoms with Crippen LogP contribution < -0.4 is 20.2 Å². The van der Waals surface area contributed by atoms with Gasteiger partial charge in [0, 0.05) is 18.7 Å². The van der Waals surface area contributed by atoms with E-state index in [1.165, 1.54) is 12.1 Å². The Kier molecular flexibility index (Phi) is 7.50. The molecular formula is C18H20N4O4S. The lowest BCUT2D eigenvalue weighted by Gasteiger charge is -2.11. The van der Waals surface area contributed by atoms with Gasteiger partial charge in [0.25, 0.3) is 5.69 Å². The van der Waals surface area contributed by atoms with Crippen LogP contribution in [0.4, 0.5) is 5.69 Å². The van der Waals surface area contributed by atoms with Crippen molar-refractivity contribution in [3.05, 3.63) is 63.7 Å². The van der Waals surface area contributed by atoms with E-state index in [1.54, 1.807) is 37.6 Å². The number of hydrogen-bond acceptors (Lipinski definition) is 6. The second-order valence-electron chi connectivity index (χ2n) is 5.35. The highest BCUT2D eigenvalue weighted by Gasteiger charge is 2.07. The highest BCUT2D eigenvalue weighted by atomic mass is 32.1. The summed E-state index contributed by atoms with van der Waals surface area (Å²) in [6, 6.07) is 11.6. The molecule has 0 fully saturated rings. The zero-order chi connectivity index (χ0) is 19.6. The zero-order valence-electron chi connectivity index (χ0n) is 15.0. The lowest BCUT2D eigenvalue weighted by Crippen LogP contribution is -2.31. The van der Waals surface area contributed by atoms with Crippen molar-refractivity contribution in [2.24, 2.45) is 5.10 Å². The monoisotopic (exact) mass is 388 g/mol. The van der Waals surface area contributed by atoms with Crippen LogP contribution in [0.15, 0.2) is 47.6 Å². The Bertz CT molecular complexity index is 825. The Hall–Kier alpha value is -3.20. The highest BCUT2D eigenvalue weighted by molar-refractivity contribution is 7.80. The van der Waals surface area contributed by atoms with Crippen LogP contribution in [-0.2, 0) is 6.61 Å². The SMILES string of the molecule is CCNC(=S)N/N=C\c1ccc(OCc2ccc([N+](=O)[O-])cc2)c(OC)c1. The Morgan fingerprint density at radius 2 is 2.00 bits per heavy atom. The summed E-state index contributed by atoms with van der Waals surface area (Å²) in [5, 5.41) is 18.1. The number of nitrogens with one attached hydrogen (secondary N) is 2. The molecule has 2 aromatic rings. The molecular weight excluding hydrogens is 368 g/mol. The van der Waals surface area contributed by atoms with Gasteiger partial charge in [-0.2, -0.15) is 5.10 Å². The first-order chi connectivity index (χ1) is 13.0. The van der Waals surface area contributed by atoms with Gasteiger partial charge in [0.2, 0.25) is 0 Å². The van der Waals surface area contributed by atoms with E-state index in [2.05, 4.69) is 15.8 Å². The molecule has 0 radical (unpaired) electrons. The van der Waals surface area contributed by atoms with E-state index in [0.717, 1.165) is 17.7 Å². The minimum Gasteiger partial charge on any atom is -0.493 e. The molecule has 0 saturated heterocycles. The predicted molar refractivity (Wildman–Crippen MR) is 107 cm³/mol. The molecule has 0 atom stereocenters. The number of benzene rings is 2. The molecule has 8 nitrogen and oxygen atoms in total. The quantitative estimate of drug-likeness (QED) is 0.310. The van der Waals surface area contributed by atoms with E-state index in [4.69, 9.17) is 21.7 Å². The summed E-state index contributed by atoms with van der Waals surface area (Å²) in [6.45, 7) is 2.92. The smallest absolute Gasteiger partial charge is 0.269 e. The first-order valence-electron chi connectivity index (χ1n) is 8.14. The Labute approximate surface area is 162 Å². The second kappa shape index (κ2) is 10.1. The average molecular weight is 388 g/mol. The number of hydrogen-bond donors (Lipinski definition) is 2. The van der Waals surface area contributed by atoms with Crippen molar-refractivity contribution >= 4 is 29.2 Å². The number of ether oxygens (including phenoxy) is 2. The van der Waals surface area contributed by atoms with Gasteiger partial charge in [-0.3, -0.25) is 15.5 Å². The summed E-state index contributed by atoms with van der Waals surface area (Å²) in [6.07, 6.45) is 1.62. The van der Waals surface area contributed by atoms with Gasteiger partial charge in [0.15, 0.2) is 16.6 Å². The van der Waals surface area contributed by atoms with Crippen LogP contribution >= 0.6 is 12.2 Å². The normalized spacial score (nSPS) is 10.4. The van der Waals surface area contributed by atoms with Crippen LogP contribution in [-0.4, -0.2) is 29.9 Å². The summed E-state index contributed by atoms with van der Waals surface area (Å²) < 4.78 is 11.1. The molecule has 9 heteroatoms. The number of methoxy groups -OCH3 is 1. The van der Waals surface area contributed by atoms with Gasteiger partial charge < -0.3 is 14.8 Å². The zero-order valence-corrected chi connectivity index (χ0v) is 15.8. The van der Waals surface area contributed by atoms with E-state index in [0.29, 0.717) is 16.6 Å². The lowest BCUT2D eigenvalue weighted by molar-refractivity contribution is -0.384. The summed E-state index contributed by atoms with van der Waals surface area (Å²) in [7, 11) is 1.55. The molecule has 0 unspecified atom stereocenters. The maximum Gasteiger partial charge on any atom is 0.269 e. The summed E-state index contributed by atoms with van der Waals surface area (Å²) in [5.74, 6) is 1.11. The summed E-state index contributed by atoms with van der Waals surface area (Å²) in [5.41, 5.74) is 4.38. The van der Waals surface area contributed by atoms with E-state index in [9.17, 15) is 10.1 Å². The summed E-state index contributed by atoms with van der Waals surface area (Å²) >= 11 is 5.02. The number of rotatable bonds is 8. The minimum absolute atomic E-state index is 0.0437. The molecule has 0 amide bonds. The van der Waals surface area contributed by atoms with Crippen molar-refractivity contribution in [2.45, 2.75) is 13.5 Å². The number of nitrogens with zero attached hydrogens (tertiary/aromatic N) is 2. The van der Waals surface area contributed by atoms with Crippen LogP contribution in [0, 0.1) is 10.1 Å². The van der Waals surface area contributed by atoms with E-state index in [1.807, 2.05) is 13.0 Å². The van der Waals surface area contributed by atoms with Crippen molar-refractivity contribution in [2.75, 3.05) is 13.7 Å². The van der Waals surface area contributed by atoms with E-state index < -0.39 is 4.92 Å². The van der Waals surface area contributed by atoms with Crippen molar-refractivity contribution in [3.63, 3.8) is 0 Å². The molecule has 0 heterocycles. The van der Waals surface area contributed by atoms with E-state index >= 15 is 0 Å². The van der Waals surface area contributed by atoms with Gasteiger partial charge in [0.05, 0.1) is 18.2 Å². The maximum absolute atomic E-state index is 10.7. The molecule has 0 aliphatic carbocycles. The molecule has 0 spiro atoms. The van der Waals surface area contributed by atoms with Gasteiger partial charge in [0.1, 0.15) is 6.61 Å². The third-order valence-electron chi connectivity index (χ3n) is 3.45. The Morgan fingerprint density at radius 3 is 2.63 bits per heavy atom. The van der Waals surface area contributed by atoms with Crippen molar-refractivity contribution in [1.82, 2.24) is 10.7 Å². The maximum atomic E-state index is 10.7. The van der Waals surface area contributed by atoms with Crippen molar-refractivity contribution in [3.8, 4) is 11.5 Å². The molecule has 2 aromatic carbocycles.